The summed E-state index contributed by atoms with van der Waals surface area (Å²) >= 11 is 0. The fourth-order valence-corrected chi connectivity index (χ4v) is 2.44. The molecular weight excluding hydrogens is 262 g/mol. The number of aromatic nitrogens is 2. The molecule has 21 heavy (non-hydrogen) atoms. The van der Waals surface area contributed by atoms with Crippen molar-refractivity contribution in [2.45, 2.75) is 6.92 Å². The van der Waals surface area contributed by atoms with Gasteiger partial charge in [-0.3, -0.25) is 5.10 Å². The van der Waals surface area contributed by atoms with Crippen molar-refractivity contribution in [1.29, 1.82) is 0 Å². The number of methoxy groups -OCH3 is 1. The topological polar surface area (TPSA) is 63.9 Å². The summed E-state index contributed by atoms with van der Waals surface area (Å²) in [6, 6.07) is 16.1. The second-order valence-corrected chi connectivity index (χ2v) is 4.96. The second-order valence-electron chi connectivity index (χ2n) is 4.96. The van der Waals surface area contributed by atoms with E-state index in [2.05, 4.69) is 29.3 Å². The first-order chi connectivity index (χ1) is 10.2. The van der Waals surface area contributed by atoms with Crippen molar-refractivity contribution in [1.82, 2.24) is 10.2 Å². The molecule has 0 aliphatic rings. The zero-order chi connectivity index (χ0) is 14.8. The molecular formula is C17H17N3O. The maximum atomic E-state index is 6.06. The number of nitrogens with zero attached hydrogens (tertiary/aromatic N) is 1. The van der Waals surface area contributed by atoms with Crippen LogP contribution in [-0.4, -0.2) is 17.3 Å². The van der Waals surface area contributed by atoms with Gasteiger partial charge in [0, 0.05) is 5.56 Å². The van der Waals surface area contributed by atoms with Crippen molar-refractivity contribution in [2.24, 2.45) is 0 Å². The summed E-state index contributed by atoms with van der Waals surface area (Å²) < 4.78 is 5.28. The third-order valence-electron chi connectivity index (χ3n) is 3.46. The third kappa shape index (κ3) is 2.48. The Bertz CT molecular complexity index is 777. The molecule has 2 aromatic carbocycles. The first-order valence-electron chi connectivity index (χ1n) is 6.74. The van der Waals surface area contributed by atoms with Gasteiger partial charge in [-0.2, -0.15) is 5.10 Å². The molecule has 0 unspecified atom stereocenters. The largest absolute Gasteiger partial charge is 0.497 e. The van der Waals surface area contributed by atoms with Crippen LogP contribution in [0.1, 0.15) is 5.56 Å². The van der Waals surface area contributed by atoms with Gasteiger partial charge in [-0.25, -0.2) is 0 Å². The molecule has 4 nitrogen and oxygen atoms in total. The fraction of sp³-hybridized carbons (Fsp3) is 0.118. The summed E-state index contributed by atoms with van der Waals surface area (Å²) in [6.45, 7) is 2.06. The lowest BCUT2D eigenvalue weighted by molar-refractivity contribution is 0.415. The van der Waals surface area contributed by atoms with Crippen LogP contribution >= 0.6 is 0 Å². The van der Waals surface area contributed by atoms with Crippen molar-refractivity contribution in [3.05, 3.63) is 54.1 Å². The molecule has 0 saturated carbocycles. The van der Waals surface area contributed by atoms with Crippen LogP contribution in [0.2, 0.25) is 0 Å². The number of aromatic amines is 1. The number of hydrogen-bond donors (Lipinski definition) is 2. The molecule has 3 rings (SSSR count). The highest BCUT2D eigenvalue weighted by Crippen LogP contribution is 2.35. The van der Waals surface area contributed by atoms with E-state index in [1.165, 1.54) is 5.56 Å². The van der Waals surface area contributed by atoms with Gasteiger partial charge in [0.1, 0.15) is 5.75 Å². The van der Waals surface area contributed by atoms with E-state index in [9.17, 15) is 0 Å². The molecule has 0 saturated heterocycles. The molecule has 0 atom stereocenters. The summed E-state index contributed by atoms with van der Waals surface area (Å²) in [7, 11) is 1.65. The van der Waals surface area contributed by atoms with Gasteiger partial charge in [0.15, 0.2) is 5.82 Å². The molecule has 106 valence electrons. The molecule has 0 fully saturated rings. The average Bonchev–Trinajstić information content (AvgIpc) is 2.89. The second kappa shape index (κ2) is 5.32. The van der Waals surface area contributed by atoms with Gasteiger partial charge in [0.25, 0.3) is 0 Å². The van der Waals surface area contributed by atoms with Crippen LogP contribution in [-0.2, 0) is 0 Å². The number of H-pyrrole nitrogens is 1. The van der Waals surface area contributed by atoms with E-state index in [0.717, 1.165) is 28.1 Å². The summed E-state index contributed by atoms with van der Waals surface area (Å²) in [5, 5.41) is 7.20. The van der Waals surface area contributed by atoms with E-state index in [4.69, 9.17) is 10.5 Å². The van der Waals surface area contributed by atoms with Gasteiger partial charge in [-0.15, -0.1) is 0 Å². The Morgan fingerprint density at radius 1 is 1.05 bits per heavy atom. The molecule has 0 aliphatic heterocycles. The molecule has 3 N–H and O–H groups in total. The summed E-state index contributed by atoms with van der Waals surface area (Å²) in [6.07, 6.45) is 0. The molecule has 1 heterocycles. The Hall–Kier alpha value is -2.75. The van der Waals surface area contributed by atoms with E-state index in [1.807, 2.05) is 36.4 Å². The lowest BCUT2D eigenvalue weighted by Gasteiger charge is -2.07. The van der Waals surface area contributed by atoms with Crippen LogP contribution < -0.4 is 10.5 Å². The maximum absolute atomic E-state index is 6.06. The fourth-order valence-electron chi connectivity index (χ4n) is 2.44. The number of nitrogens with two attached hydrogens (primary N) is 1. The molecule has 0 amide bonds. The van der Waals surface area contributed by atoms with Crippen molar-refractivity contribution in [3.8, 4) is 28.1 Å². The molecule has 1 aromatic heterocycles. The first kappa shape index (κ1) is 13.2. The van der Waals surface area contributed by atoms with E-state index < -0.39 is 0 Å². The van der Waals surface area contributed by atoms with Gasteiger partial charge < -0.3 is 10.5 Å². The molecule has 4 heteroatoms. The molecule has 0 radical (unpaired) electrons. The van der Waals surface area contributed by atoms with Crippen molar-refractivity contribution >= 4 is 5.82 Å². The number of aryl methyl sites for hydroxylation is 1. The van der Waals surface area contributed by atoms with Crippen molar-refractivity contribution in [2.75, 3.05) is 12.8 Å². The number of rotatable bonds is 3. The van der Waals surface area contributed by atoms with E-state index in [1.54, 1.807) is 7.11 Å². The van der Waals surface area contributed by atoms with E-state index >= 15 is 0 Å². The SMILES string of the molecule is COc1cccc(-c2[nH]nc(N)c2-c2cccc(C)c2)c1. The minimum Gasteiger partial charge on any atom is -0.497 e. The Balaban J connectivity index is 2.17. The highest BCUT2D eigenvalue weighted by Gasteiger charge is 2.15. The predicted octanol–water partition coefficient (Wildman–Crippen LogP) is 3.64. The number of nitrogens with one attached hydrogen (secondary N) is 1. The van der Waals surface area contributed by atoms with Gasteiger partial charge in [0.2, 0.25) is 0 Å². The number of benzene rings is 2. The highest BCUT2D eigenvalue weighted by molar-refractivity contribution is 5.88. The van der Waals surface area contributed by atoms with Crippen LogP contribution in [0.3, 0.4) is 0 Å². The Kier molecular flexibility index (Phi) is 3.36. The lowest BCUT2D eigenvalue weighted by atomic mass is 9.99. The number of ether oxygens (including phenoxy) is 1. The molecule has 0 spiro atoms. The van der Waals surface area contributed by atoms with E-state index in [0.29, 0.717) is 5.82 Å². The van der Waals surface area contributed by atoms with Gasteiger partial charge in [-0.05, 0) is 24.6 Å². The van der Waals surface area contributed by atoms with Crippen molar-refractivity contribution < 1.29 is 4.74 Å². The monoisotopic (exact) mass is 279 g/mol. The number of anilines is 1. The van der Waals surface area contributed by atoms with Crippen LogP contribution in [0, 0.1) is 6.92 Å². The minimum atomic E-state index is 0.499. The smallest absolute Gasteiger partial charge is 0.153 e. The number of hydrogen-bond acceptors (Lipinski definition) is 3. The minimum absolute atomic E-state index is 0.499. The summed E-state index contributed by atoms with van der Waals surface area (Å²) in [5.74, 6) is 1.30. The molecule has 0 bridgehead atoms. The molecule has 3 aromatic rings. The van der Waals surface area contributed by atoms with Crippen LogP contribution in [0.25, 0.3) is 22.4 Å². The zero-order valence-electron chi connectivity index (χ0n) is 12.1. The Morgan fingerprint density at radius 2 is 1.81 bits per heavy atom. The van der Waals surface area contributed by atoms with Gasteiger partial charge >= 0.3 is 0 Å². The summed E-state index contributed by atoms with van der Waals surface area (Å²) in [4.78, 5) is 0. The Labute approximate surface area is 123 Å². The van der Waals surface area contributed by atoms with E-state index in [-0.39, 0.29) is 0 Å². The molecule has 0 aliphatic carbocycles. The van der Waals surface area contributed by atoms with Gasteiger partial charge in [-0.1, -0.05) is 42.0 Å². The van der Waals surface area contributed by atoms with Crippen LogP contribution in [0.4, 0.5) is 5.82 Å². The normalized spacial score (nSPS) is 10.6. The third-order valence-corrected chi connectivity index (χ3v) is 3.46. The quantitative estimate of drug-likeness (QED) is 0.769. The van der Waals surface area contributed by atoms with Crippen LogP contribution in [0.15, 0.2) is 48.5 Å². The van der Waals surface area contributed by atoms with Crippen molar-refractivity contribution in [3.63, 3.8) is 0 Å². The standard InChI is InChI=1S/C17H17N3O/c1-11-5-3-6-12(9-11)15-16(19-20-17(15)18)13-7-4-8-14(10-13)21-2/h3-10H,1-2H3,(H3,18,19,20). The highest BCUT2D eigenvalue weighted by atomic mass is 16.5. The van der Waals surface area contributed by atoms with Crippen LogP contribution in [0.5, 0.6) is 5.75 Å². The Morgan fingerprint density at radius 3 is 2.57 bits per heavy atom. The lowest BCUT2D eigenvalue weighted by Crippen LogP contribution is -1.90. The first-order valence-corrected chi connectivity index (χ1v) is 6.74. The predicted molar refractivity (Wildman–Crippen MR) is 85.2 cm³/mol. The number of nitrogen functional groups attached to an aromatic ring is 1. The average molecular weight is 279 g/mol. The zero-order valence-corrected chi connectivity index (χ0v) is 12.1. The summed E-state index contributed by atoms with van der Waals surface area (Å²) in [5.41, 5.74) is 11.1. The van der Waals surface area contributed by atoms with Gasteiger partial charge in [0.05, 0.1) is 18.4 Å². The maximum Gasteiger partial charge on any atom is 0.153 e.